The summed E-state index contributed by atoms with van der Waals surface area (Å²) in [4.78, 5) is 17.8. The number of aromatic nitrogens is 2. The molecule has 0 bridgehead atoms. The molecule has 0 atom stereocenters. The summed E-state index contributed by atoms with van der Waals surface area (Å²) in [7, 11) is -2.77. The average molecular weight is 533 g/mol. The highest BCUT2D eigenvalue weighted by Gasteiger charge is 2.25. The Kier molecular flexibility index (Phi) is 7.16. The Balaban J connectivity index is 1.75. The van der Waals surface area contributed by atoms with Crippen molar-refractivity contribution in [1.82, 2.24) is 10.1 Å². The molecule has 0 saturated carbocycles. The number of anilines is 3. The molecule has 0 aliphatic rings. The zero-order valence-electron chi connectivity index (χ0n) is 19.4. The lowest BCUT2D eigenvalue weighted by molar-refractivity contribution is -0.117. The average Bonchev–Trinajstić information content (AvgIpc) is 3.38. The van der Waals surface area contributed by atoms with Gasteiger partial charge in [-0.05, 0) is 35.9 Å². The van der Waals surface area contributed by atoms with E-state index in [-0.39, 0.29) is 45.5 Å². The summed E-state index contributed by atoms with van der Waals surface area (Å²) in [5.41, 5.74) is -0.0549. The predicted octanol–water partition coefficient (Wildman–Crippen LogP) is 5.04. The van der Waals surface area contributed by atoms with Crippen LogP contribution < -0.4 is 14.4 Å². The van der Waals surface area contributed by atoms with E-state index in [1.807, 2.05) is 0 Å². The summed E-state index contributed by atoms with van der Waals surface area (Å²) in [6.07, 6.45) is 2.20. The maximum Gasteiger partial charge on any atom is 0.264 e. The number of hydrogen-bond donors (Lipinski definition) is 1. The third-order valence-electron chi connectivity index (χ3n) is 5.23. The summed E-state index contributed by atoms with van der Waals surface area (Å²) >= 11 is 0. The minimum Gasteiger partial charge on any atom is -0.495 e. The van der Waals surface area contributed by atoms with E-state index in [1.165, 1.54) is 43.7 Å². The van der Waals surface area contributed by atoms with Gasteiger partial charge in [-0.1, -0.05) is 18.1 Å². The van der Waals surface area contributed by atoms with Crippen LogP contribution in [0.25, 0.3) is 11.1 Å². The molecular weight excluding hydrogens is 513 g/mol. The van der Waals surface area contributed by atoms with Gasteiger partial charge in [0, 0.05) is 30.3 Å². The number of carbonyl (C=O) groups excluding carboxylic acids is 1. The second-order valence-electron chi connectivity index (χ2n) is 7.56. The van der Waals surface area contributed by atoms with Crippen molar-refractivity contribution < 1.29 is 35.6 Å². The maximum atomic E-state index is 15.2. The monoisotopic (exact) mass is 532 g/mol. The molecule has 0 saturated heterocycles. The number of pyridine rings is 1. The molecule has 0 unspecified atom stereocenters. The van der Waals surface area contributed by atoms with E-state index >= 15 is 4.39 Å². The third-order valence-corrected chi connectivity index (χ3v) is 6.57. The van der Waals surface area contributed by atoms with Gasteiger partial charge >= 0.3 is 0 Å². The van der Waals surface area contributed by atoms with Gasteiger partial charge in [-0.25, -0.2) is 26.6 Å². The standard InChI is InChI=1S/C24H19F3N4O5S/c1-3-24(32)31(23-7-5-15(13-28-23)37(33,34)30-22-8-9-36-29-22)20-12-18(26)16(11-21(20)35-2)14-4-6-17(25)19(27)10-14/h4-13H,3H2,1-2H3,(H,29,30). The largest absolute Gasteiger partial charge is 0.495 e. The molecule has 0 spiro atoms. The first kappa shape index (κ1) is 25.7. The second-order valence-corrected chi connectivity index (χ2v) is 9.24. The van der Waals surface area contributed by atoms with Gasteiger partial charge in [-0.2, -0.15) is 0 Å². The van der Waals surface area contributed by atoms with Crippen molar-refractivity contribution in [3.63, 3.8) is 0 Å². The summed E-state index contributed by atoms with van der Waals surface area (Å²) in [6.45, 7) is 1.58. The summed E-state index contributed by atoms with van der Waals surface area (Å²) in [5.74, 6) is -3.58. The van der Waals surface area contributed by atoms with Crippen molar-refractivity contribution in [3.8, 4) is 16.9 Å². The molecule has 4 rings (SSSR count). The molecule has 1 N–H and O–H groups in total. The lowest BCUT2D eigenvalue weighted by Crippen LogP contribution is -2.26. The van der Waals surface area contributed by atoms with E-state index in [1.54, 1.807) is 6.92 Å². The number of amides is 1. The van der Waals surface area contributed by atoms with Crippen molar-refractivity contribution in [1.29, 1.82) is 0 Å². The highest BCUT2D eigenvalue weighted by Crippen LogP contribution is 2.39. The lowest BCUT2D eigenvalue weighted by atomic mass is 10.0. The Morgan fingerprint density at radius 3 is 2.43 bits per heavy atom. The topological polar surface area (TPSA) is 115 Å². The fourth-order valence-corrected chi connectivity index (χ4v) is 4.37. The molecule has 1 amide bonds. The minimum absolute atomic E-state index is 0.00878. The minimum atomic E-state index is -4.06. The number of methoxy groups -OCH3 is 1. The molecule has 2 aromatic carbocycles. The molecule has 192 valence electrons. The number of nitrogens with one attached hydrogen (secondary N) is 1. The van der Waals surface area contributed by atoms with E-state index in [4.69, 9.17) is 4.74 Å². The quantitative estimate of drug-likeness (QED) is 0.338. The van der Waals surface area contributed by atoms with Gasteiger partial charge in [0.25, 0.3) is 10.0 Å². The van der Waals surface area contributed by atoms with Gasteiger partial charge in [0.05, 0.1) is 12.8 Å². The van der Waals surface area contributed by atoms with Gasteiger partial charge in [-0.3, -0.25) is 14.4 Å². The maximum absolute atomic E-state index is 15.2. The van der Waals surface area contributed by atoms with Crippen molar-refractivity contribution in [2.24, 2.45) is 0 Å². The zero-order chi connectivity index (χ0) is 26.7. The molecule has 0 aliphatic heterocycles. The number of ether oxygens (including phenoxy) is 1. The number of halogens is 3. The van der Waals surface area contributed by atoms with Crippen molar-refractivity contribution in [3.05, 3.63) is 78.4 Å². The van der Waals surface area contributed by atoms with Crippen molar-refractivity contribution in [2.45, 2.75) is 18.2 Å². The van der Waals surface area contributed by atoms with Crippen LogP contribution in [0.1, 0.15) is 13.3 Å². The Morgan fingerprint density at radius 2 is 1.84 bits per heavy atom. The molecule has 37 heavy (non-hydrogen) atoms. The summed E-state index contributed by atoms with van der Waals surface area (Å²) in [6, 6.07) is 8.95. The van der Waals surface area contributed by atoms with Crippen LogP contribution in [-0.2, 0) is 14.8 Å². The number of sulfonamides is 1. The molecule has 4 aromatic rings. The smallest absolute Gasteiger partial charge is 0.264 e. The first-order chi connectivity index (χ1) is 17.6. The molecule has 0 radical (unpaired) electrons. The lowest BCUT2D eigenvalue weighted by Gasteiger charge is -2.24. The van der Waals surface area contributed by atoms with Crippen molar-refractivity contribution >= 4 is 33.3 Å². The van der Waals surface area contributed by atoms with Gasteiger partial charge in [0.1, 0.15) is 28.5 Å². The van der Waals surface area contributed by atoms with Crippen molar-refractivity contribution in [2.75, 3.05) is 16.7 Å². The van der Waals surface area contributed by atoms with Gasteiger partial charge in [0.15, 0.2) is 17.5 Å². The third kappa shape index (κ3) is 5.26. The van der Waals surface area contributed by atoms with Crippen LogP contribution >= 0.6 is 0 Å². The number of carbonyl (C=O) groups is 1. The normalized spacial score (nSPS) is 11.3. The Bertz CT molecular complexity index is 1550. The Morgan fingerprint density at radius 1 is 1.05 bits per heavy atom. The highest BCUT2D eigenvalue weighted by atomic mass is 32.2. The first-order valence-corrected chi connectivity index (χ1v) is 12.2. The highest BCUT2D eigenvalue weighted by molar-refractivity contribution is 7.92. The molecule has 0 aliphatic carbocycles. The summed E-state index contributed by atoms with van der Waals surface area (Å²) < 4.78 is 79.6. The fourth-order valence-electron chi connectivity index (χ4n) is 3.44. The van der Waals surface area contributed by atoms with Crippen LogP contribution in [0.15, 0.2) is 70.4 Å². The molecule has 2 aromatic heterocycles. The number of hydrogen-bond acceptors (Lipinski definition) is 7. The van der Waals surface area contributed by atoms with E-state index in [0.29, 0.717) is 0 Å². The molecule has 0 fully saturated rings. The SMILES string of the molecule is CCC(=O)N(c1ccc(S(=O)(=O)Nc2ccon2)cn1)c1cc(F)c(-c2ccc(F)c(F)c2)cc1OC. The van der Waals surface area contributed by atoms with E-state index in [2.05, 4.69) is 19.4 Å². The van der Waals surface area contributed by atoms with Crippen LogP contribution in [0.2, 0.25) is 0 Å². The zero-order valence-corrected chi connectivity index (χ0v) is 20.2. The van der Waals surface area contributed by atoms with Crippen LogP contribution in [0.5, 0.6) is 5.75 Å². The van der Waals surface area contributed by atoms with Gasteiger partial charge in [0.2, 0.25) is 5.91 Å². The fraction of sp³-hybridized carbons (Fsp3) is 0.125. The number of benzene rings is 2. The van der Waals surface area contributed by atoms with Crippen LogP contribution in [0.3, 0.4) is 0 Å². The van der Waals surface area contributed by atoms with E-state index in [0.717, 1.165) is 29.3 Å². The first-order valence-electron chi connectivity index (χ1n) is 10.7. The number of nitrogens with zero attached hydrogens (tertiary/aromatic N) is 3. The Hall–Kier alpha value is -4.39. The predicted molar refractivity (Wildman–Crippen MR) is 127 cm³/mol. The van der Waals surface area contributed by atoms with Gasteiger partial charge < -0.3 is 9.26 Å². The summed E-state index contributed by atoms with van der Waals surface area (Å²) in [5, 5.41) is 3.48. The molecular formula is C24H19F3N4O5S. The van der Waals surface area contributed by atoms with Gasteiger partial charge in [-0.15, -0.1) is 0 Å². The van der Waals surface area contributed by atoms with Crippen LogP contribution in [0, 0.1) is 17.5 Å². The van der Waals surface area contributed by atoms with E-state index < -0.39 is 33.4 Å². The van der Waals surface area contributed by atoms with E-state index in [9.17, 15) is 22.0 Å². The molecule has 9 nitrogen and oxygen atoms in total. The number of rotatable bonds is 8. The Labute approximate surface area is 209 Å². The van der Waals surface area contributed by atoms with Crippen LogP contribution in [0.4, 0.5) is 30.5 Å². The second kappa shape index (κ2) is 10.3. The molecule has 2 heterocycles. The van der Waals surface area contributed by atoms with Crippen LogP contribution in [-0.4, -0.2) is 31.6 Å². The molecule has 13 heteroatoms.